The third-order valence-corrected chi connectivity index (χ3v) is 5.82. The van der Waals surface area contributed by atoms with Crippen LogP contribution in [-0.4, -0.2) is 12.6 Å². The molecule has 0 spiro atoms. The van der Waals surface area contributed by atoms with Gasteiger partial charge in [0, 0.05) is 30.3 Å². The van der Waals surface area contributed by atoms with Crippen LogP contribution in [0.3, 0.4) is 0 Å². The highest BCUT2D eigenvalue weighted by Gasteiger charge is 2.27. The molecule has 1 aliphatic heterocycles. The van der Waals surface area contributed by atoms with Crippen LogP contribution in [0.4, 0.5) is 4.39 Å². The smallest absolute Gasteiger partial charge is 0.132 e. The van der Waals surface area contributed by atoms with E-state index >= 15 is 0 Å². The first kappa shape index (κ1) is 20.2. The van der Waals surface area contributed by atoms with Gasteiger partial charge in [0.05, 0.1) is 10.0 Å². The molecule has 0 saturated carbocycles. The summed E-state index contributed by atoms with van der Waals surface area (Å²) in [5.74, 6) is 0.837. The molecule has 2 N–H and O–H groups in total. The van der Waals surface area contributed by atoms with Crippen molar-refractivity contribution in [1.29, 1.82) is 0 Å². The zero-order chi connectivity index (χ0) is 20.2. The highest BCUT2D eigenvalue weighted by atomic mass is 35.5. The number of nitrogens with one attached hydrogen (secondary N) is 2. The lowest BCUT2D eigenvalue weighted by atomic mass is 10.0. The summed E-state index contributed by atoms with van der Waals surface area (Å²) in [7, 11) is 0. The average molecular weight is 431 g/mol. The largest absolute Gasteiger partial charge is 0.457 e. The van der Waals surface area contributed by atoms with Crippen molar-refractivity contribution in [3.63, 3.8) is 0 Å². The maximum absolute atomic E-state index is 13.9. The molecular formula is C23H21Cl2FN2O. The van der Waals surface area contributed by atoms with E-state index in [1.54, 1.807) is 24.3 Å². The maximum atomic E-state index is 13.9. The van der Waals surface area contributed by atoms with Crippen molar-refractivity contribution in [2.75, 3.05) is 6.54 Å². The Labute approximate surface area is 179 Å². The number of rotatable bonds is 6. The van der Waals surface area contributed by atoms with Gasteiger partial charge in [-0.2, -0.15) is 0 Å². The van der Waals surface area contributed by atoms with E-state index < -0.39 is 0 Å². The minimum atomic E-state index is -0.299. The van der Waals surface area contributed by atoms with Gasteiger partial charge in [-0.15, -0.1) is 0 Å². The van der Waals surface area contributed by atoms with Crippen LogP contribution >= 0.6 is 23.2 Å². The molecule has 1 heterocycles. The zero-order valence-corrected chi connectivity index (χ0v) is 17.2. The highest BCUT2D eigenvalue weighted by molar-refractivity contribution is 6.42. The molecule has 0 aromatic heterocycles. The summed E-state index contributed by atoms with van der Waals surface area (Å²) in [5.41, 5.74) is 1.99. The lowest BCUT2D eigenvalue weighted by Gasteiger charge is -2.22. The third kappa shape index (κ3) is 4.90. The van der Waals surface area contributed by atoms with Crippen LogP contribution in [0.15, 0.2) is 66.7 Å². The fourth-order valence-electron chi connectivity index (χ4n) is 3.63. The molecule has 29 heavy (non-hydrogen) atoms. The second-order valence-corrected chi connectivity index (χ2v) is 7.86. The van der Waals surface area contributed by atoms with Gasteiger partial charge in [0.25, 0.3) is 0 Å². The van der Waals surface area contributed by atoms with E-state index in [0.717, 1.165) is 18.5 Å². The molecule has 3 aromatic rings. The number of ether oxygens (including phenoxy) is 1. The highest BCUT2D eigenvalue weighted by Crippen LogP contribution is 2.32. The second kappa shape index (κ2) is 9.14. The Morgan fingerprint density at radius 1 is 1.00 bits per heavy atom. The number of hydrogen-bond donors (Lipinski definition) is 2. The fourth-order valence-corrected chi connectivity index (χ4v) is 3.92. The zero-order valence-electron chi connectivity index (χ0n) is 15.7. The minimum absolute atomic E-state index is 0.226. The van der Waals surface area contributed by atoms with Crippen molar-refractivity contribution >= 4 is 23.2 Å². The summed E-state index contributed by atoms with van der Waals surface area (Å²) in [6.45, 7) is 1.43. The number of halogens is 3. The van der Waals surface area contributed by atoms with Crippen LogP contribution in [-0.2, 0) is 6.54 Å². The summed E-state index contributed by atoms with van der Waals surface area (Å²) >= 11 is 12.0. The molecule has 0 bridgehead atoms. The summed E-state index contributed by atoms with van der Waals surface area (Å²) in [6, 6.07) is 20.4. The van der Waals surface area contributed by atoms with Crippen molar-refractivity contribution in [2.45, 2.75) is 25.0 Å². The Balaban J connectivity index is 1.49. The van der Waals surface area contributed by atoms with Crippen LogP contribution in [0, 0.1) is 5.82 Å². The lowest BCUT2D eigenvalue weighted by molar-refractivity contribution is 0.441. The van der Waals surface area contributed by atoms with Crippen molar-refractivity contribution in [3.8, 4) is 11.5 Å². The van der Waals surface area contributed by atoms with Gasteiger partial charge in [-0.1, -0.05) is 53.5 Å². The van der Waals surface area contributed by atoms with Gasteiger partial charge in [-0.25, -0.2) is 4.39 Å². The molecule has 150 valence electrons. The third-order valence-electron chi connectivity index (χ3n) is 5.08. The standard InChI is InChI=1S/C23H21Cl2FN2O/c24-19-8-7-18(13-20(19)25)29-22-9-6-17(26)12-16(22)14-28-21-10-11-27-23(21)15-4-2-1-3-5-15/h1-9,12-13,21,23,27-28H,10-11,14H2. The van der Waals surface area contributed by atoms with E-state index in [4.69, 9.17) is 27.9 Å². The Kier molecular flexibility index (Phi) is 6.36. The van der Waals surface area contributed by atoms with Gasteiger partial charge in [0.15, 0.2) is 0 Å². The summed E-state index contributed by atoms with van der Waals surface area (Å²) in [6.07, 6.45) is 0.998. The lowest BCUT2D eigenvalue weighted by Crippen LogP contribution is -2.34. The molecule has 3 nitrogen and oxygen atoms in total. The maximum Gasteiger partial charge on any atom is 0.132 e. The van der Waals surface area contributed by atoms with Gasteiger partial charge >= 0.3 is 0 Å². The molecule has 1 fully saturated rings. The van der Waals surface area contributed by atoms with Crippen LogP contribution in [0.5, 0.6) is 11.5 Å². The molecule has 0 aliphatic carbocycles. The second-order valence-electron chi connectivity index (χ2n) is 7.05. The van der Waals surface area contributed by atoms with E-state index in [0.29, 0.717) is 28.1 Å². The minimum Gasteiger partial charge on any atom is -0.457 e. The van der Waals surface area contributed by atoms with E-state index in [1.165, 1.54) is 17.7 Å². The normalized spacial score (nSPS) is 18.7. The quantitative estimate of drug-likeness (QED) is 0.494. The molecule has 2 unspecified atom stereocenters. The monoisotopic (exact) mass is 430 g/mol. The number of benzene rings is 3. The molecule has 6 heteroatoms. The van der Waals surface area contributed by atoms with Crippen molar-refractivity contribution < 1.29 is 9.13 Å². The summed E-state index contributed by atoms with van der Waals surface area (Å²) in [5, 5.41) is 7.98. The summed E-state index contributed by atoms with van der Waals surface area (Å²) < 4.78 is 19.9. The van der Waals surface area contributed by atoms with Crippen LogP contribution in [0.25, 0.3) is 0 Å². The first-order valence-electron chi connectivity index (χ1n) is 9.53. The SMILES string of the molecule is Fc1ccc(Oc2ccc(Cl)c(Cl)c2)c(CNC2CCNC2c2ccccc2)c1. The van der Waals surface area contributed by atoms with E-state index in [2.05, 4.69) is 22.8 Å². The molecule has 4 rings (SSSR count). The first-order valence-corrected chi connectivity index (χ1v) is 10.3. The average Bonchev–Trinajstić information content (AvgIpc) is 3.20. The molecule has 3 aromatic carbocycles. The molecule has 1 aliphatic rings. The predicted octanol–water partition coefficient (Wildman–Crippen LogP) is 6.12. The van der Waals surface area contributed by atoms with Gasteiger partial charge in [0.2, 0.25) is 0 Å². The number of hydrogen-bond acceptors (Lipinski definition) is 3. The fraction of sp³-hybridized carbons (Fsp3) is 0.217. The van der Waals surface area contributed by atoms with Crippen molar-refractivity contribution in [1.82, 2.24) is 10.6 Å². The molecule has 0 radical (unpaired) electrons. The Morgan fingerprint density at radius 2 is 1.83 bits per heavy atom. The Hall–Kier alpha value is -2.11. The Bertz CT molecular complexity index is 984. The van der Waals surface area contributed by atoms with Crippen LogP contribution in [0.1, 0.15) is 23.6 Å². The van der Waals surface area contributed by atoms with Gasteiger partial charge in [-0.3, -0.25) is 0 Å². The van der Waals surface area contributed by atoms with Gasteiger partial charge < -0.3 is 15.4 Å². The predicted molar refractivity (Wildman–Crippen MR) is 115 cm³/mol. The Morgan fingerprint density at radius 3 is 2.62 bits per heavy atom. The first-order chi connectivity index (χ1) is 14.1. The van der Waals surface area contributed by atoms with Crippen molar-refractivity contribution in [3.05, 3.63) is 93.7 Å². The van der Waals surface area contributed by atoms with Gasteiger partial charge in [-0.05, 0) is 48.9 Å². The summed E-state index contributed by atoms with van der Waals surface area (Å²) in [4.78, 5) is 0. The van der Waals surface area contributed by atoms with Gasteiger partial charge in [0.1, 0.15) is 17.3 Å². The topological polar surface area (TPSA) is 33.3 Å². The molecule has 0 amide bonds. The van der Waals surface area contributed by atoms with E-state index in [1.807, 2.05) is 18.2 Å². The van der Waals surface area contributed by atoms with E-state index in [-0.39, 0.29) is 17.9 Å². The van der Waals surface area contributed by atoms with Crippen LogP contribution < -0.4 is 15.4 Å². The van der Waals surface area contributed by atoms with Crippen LogP contribution in [0.2, 0.25) is 10.0 Å². The molecular weight excluding hydrogens is 410 g/mol. The molecule has 1 saturated heterocycles. The van der Waals surface area contributed by atoms with Crippen molar-refractivity contribution in [2.24, 2.45) is 0 Å². The molecule has 2 atom stereocenters. The van der Waals surface area contributed by atoms with E-state index in [9.17, 15) is 4.39 Å².